The van der Waals surface area contributed by atoms with E-state index >= 15 is 0 Å². The molecule has 0 spiro atoms. The van der Waals surface area contributed by atoms with Gasteiger partial charge in [0.2, 0.25) is 5.76 Å². The first-order valence-electron chi connectivity index (χ1n) is 5.56. The van der Waals surface area contributed by atoms with Gasteiger partial charge in [0.1, 0.15) is 5.76 Å². The molecule has 4 heteroatoms. The third kappa shape index (κ3) is 2.44. The number of hydrogen-bond acceptors (Lipinski definition) is 3. The molecule has 1 aliphatic rings. The molecule has 1 heterocycles. The molecular formula is C12H17NO3. The zero-order valence-electron chi connectivity index (χ0n) is 9.62. The van der Waals surface area contributed by atoms with E-state index in [-0.39, 0.29) is 11.3 Å². The molecule has 0 atom stereocenters. The molecule has 4 nitrogen and oxygen atoms in total. The van der Waals surface area contributed by atoms with E-state index in [4.69, 9.17) is 9.52 Å². The minimum absolute atomic E-state index is 0.000952. The summed E-state index contributed by atoms with van der Waals surface area (Å²) in [5.74, 6) is 0.390. The average molecular weight is 223 g/mol. The van der Waals surface area contributed by atoms with Gasteiger partial charge in [-0.3, -0.25) is 0 Å². The second-order valence-electron chi connectivity index (χ2n) is 4.92. The van der Waals surface area contributed by atoms with Crippen LogP contribution in [0.25, 0.3) is 0 Å². The fourth-order valence-electron chi connectivity index (χ4n) is 1.85. The zero-order chi connectivity index (χ0) is 11.8. The Hall–Kier alpha value is -1.29. The van der Waals surface area contributed by atoms with Crippen molar-refractivity contribution in [3.63, 3.8) is 0 Å². The summed E-state index contributed by atoms with van der Waals surface area (Å²) in [6, 6.07) is 3.20. The Labute approximate surface area is 94.6 Å². The fourth-order valence-corrected chi connectivity index (χ4v) is 1.85. The summed E-state index contributed by atoms with van der Waals surface area (Å²) in [6.07, 6.45) is 2.55. The molecule has 2 N–H and O–H groups in total. The monoisotopic (exact) mass is 223 g/mol. The van der Waals surface area contributed by atoms with Crippen molar-refractivity contribution in [1.82, 2.24) is 5.32 Å². The van der Waals surface area contributed by atoms with Crippen molar-refractivity contribution in [2.45, 2.75) is 38.8 Å². The molecule has 1 fully saturated rings. The SMILES string of the molecule is CC(C)(NCc1ccc(C(=O)O)o1)C1CC1. The number of furan rings is 1. The third-order valence-electron chi connectivity index (χ3n) is 3.19. The number of rotatable bonds is 5. The largest absolute Gasteiger partial charge is 0.475 e. The second kappa shape index (κ2) is 3.94. The van der Waals surface area contributed by atoms with Gasteiger partial charge in [-0.15, -0.1) is 0 Å². The van der Waals surface area contributed by atoms with E-state index in [2.05, 4.69) is 19.2 Å². The molecule has 0 radical (unpaired) electrons. The molecule has 0 aliphatic heterocycles. The third-order valence-corrected chi connectivity index (χ3v) is 3.19. The van der Waals surface area contributed by atoms with Crippen LogP contribution in [0.3, 0.4) is 0 Å². The Morgan fingerprint density at radius 3 is 2.75 bits per heavy atom. The minimum Gasteiger partial charge on any atom is -0.475 e. The van der Waals surface area contributed by atoms with Gasteiger partial charge in [0, 0.05) is 5.54 Å². The summed E-state index contributed by atoms with van der Waals surface area (Å²) in [5, 5.41) is 12.1. The van der Waals surface area contributed by atoms with Crippen molar-refractivity contribution in [3.8, 4) is 0 Å². The van der Waals surface area contributed by atoms with Crippen LogP contribution in [0.15, 0.2) is 16.5 Å². The first-order valence-corrected chi connectivity index (χ1v) is 5.56. The number of carbonyl (C=O) groups is 1. The van der Waals surface area contributed by atoms with Gasteiger partial charge in [-0.05, 0) is 44.7 Å². The predicted molar refractivity (Wildman–Crippen MR) is 59.3 cm³/mol. The van der Waals surface area contributed by atoms with Gasteiger partial charge >= 0.3 is 5.97 Å². The van der Waals surface area contributed by atoms with Crippen molar-refractivity contribution < 1.29 is 14.3 Å². The van der Waals surface area contributed by atoms with Crippen LogP contribution in [-0.4, -0.2) is 16.6 Å². The van der Waals surface area contributed by atoms with E-state index in [0.29, 0.717) is 12.3 Å². The van der Waals surface area contributed by atoms with E-state index in [1.165, 1.54) is 18.9 Å². The highest BCUT2D eigenvalue weighted by atomic mass is 16.4. The van der Waals surface area contributed by atoms with Crippen LogP contribution < -0.4 is 5.32 Å². The van der Waals surface area contributed by atoms with E-state index in [1.807, 2.05) is 0 Å². The average Bonchev–Trinajstić information content (AvgIpc) is 2.95. The topological polar surface area (TPSA) is 62.5 Å². The zero-order valence-corrected chi connectivity index (χ0v) is 9.62. The first kappa shape index (κ1) is 11.2. The van der Waals surface area contributed by atoms with Gasteiger partial charge in [-0.2, -0.15) is 0 Å². The molecule has 1 aromatic rings. The lowest BCUT2D eigenvalue weighted by atomic mass is 9.99. The molecule has 1 aromatic heterocycles. The van der Waals surface area contributed by atoms with Crippen LogP contribution in [0.2, 0.25) is 0 Å². The van der Waals surface area contributed by atoms with Crippen LogP contribution >= 0.6 is 0 Å². The molecule has 88 valence electrons. The molecule has 0 amide bonds. The van der Waals surface area contributed by atoms with Gasteiger partial charge in [-0.1, -0.05) is 0 Å². The molecule has 0 unspecified atom stereocenters. The number of hydrogen-bond donors (Lipinski definition) is 2. The summed E-state index contributed by atoms with van der Waals surface area (Å²) in [7, 11) is 0. The smallest absolute Gasteiger partial charge is 0.371 e. The molecule has 0 bridgehead atoms. The Kier molecular flexibility index (Phi) is 2.76. The maximum absolute atomic E-state index is 10.6. The second-order valence-corrected chi connectivity index (χ2v) is 4.92. The lowest BCUT2D eigenvalue weighted by Crippen LogP contribution is -2.40. The number of nitrogens with one attached hydrogen (secondary N) is 1. The number of carboxylic acid groups (broad SMARTS) is 1. The summed E-state index contributed by atoms with van der Waals surface area (Å²) in [6.45, 7) is 4.92. The van der Waals surface area contributed by atoms with Crippen molar-refractivity contribution >= 4 is 5.97 Å². The summed E-state index contributed by atoms with van der Waals surface area (Å²) >= 11 is 0. The van der Waals surface area contributed by atoms with Gasteiger partial charge in [0.15, 0.2) is 0 Å². The molecular weight excluding hydrogens is 206 g/mol. The molecule has 1 saturated carbocycles. The Balaban J connectivity index is 1.91. The lowest BCUT2D eigenvalue weighted by molar-refractivity contribution is 0.0660. The van der Waals surface area contributed by atoms with E-state index in [1.54, 1.807) is 6.07 Å². The number of carboxylic acids is 1. The standard InChI is InChI=1S/C12H17NO3/c1-12(2,8-3-4-8)13-7-9-5-6-10(16-9)11(14)15/h5-6,8,13H,3-4,7H2,1-2H3,(H,14,15). The Morgan fingerprint density at radius 2 is 2.25 bits per heavy atom. The van der Waals surface area contributed by atoms with Gasteiger partial charge in [0.25, 0.3) is 0 Å². The molecule has 0 aromatic carbocycles. The Bertz CT molecular complexity index is 391. The highest BCUT2D eigenvalue weighted by Crippen LogP contribution is 2.39. The van der Waals surface area contributed by atoms with E-state index < -0.39 is 5.97 Å². The summed E-state index contributed by atoms with van der Waals surface area (Å²) in [4.78, 5) is 10.6. The van der Waals surface area contributed by atoms with Crippen LogP contribution in [0.4, 0.5) is 0 Å². The molecule has 16 heavy (non-hydrogen) atoms. The van der Waals surface area contributed by atoms with Crippen molar-refractivity contribution in [2.75, 3.05) is 0 Å². The van der Waals surface area contributed by atoms with Crippen molar-refractivity contribution in [1.29, 1.82) is 0 Å². The lowest BCUT2D eigenvalue weighted by Gasteiger charge is -2.25. The van der Waals surface area contributed by atoms with Crippen LogP contribution in [0, 0.1) is 5.92 Å². The van der Waals surface area contributed by atoms with Crippen molar-refractivity contribution in [3.05, 3.63) is 23.7 Å². The maximum Gasteiger partial charge on any atom is 0.371 e. The normalized spacial score (nSPS) is 16.4. The minimum atomic E-state index is -1.02. The van der Waals surface area contributed by atoms with E-state index in [9.17, 15) is 4.79 Å². The summed E-state index contributed by atoms with van der Waals surface area (Å²) < 4.78 is 5.18. The maximum atomic E-state index is 10.6. The number of aromatic carboxylic acids is 1. The van der Waals surface area contributed by atoms with Gasteiger partial charge in [0.05, 0.1) is 6.54 Å². The van der Waals surface area contributed by atoms with Gasteiger partial charge < -0.3 is 14.8 Å². The fraction of sp³-hybridized carbons (Fsp3) is 0.583. The van der Waals surface area contributed by atoms with E-state index in [0.717, 1.165) is 5.92 Å². The molecule has 0 saturated heterocycles. The molecule has 2 rings (SSSR count). The van der Waals surface area contributed by atoms with Gasteiger partial charge in [-0.25, -0.2) is 4.79 Å². The quantitative estimate of drug-likeness (QED) is 0.803. The van der Waals surface area contributed by atoms with Crippen LogP contribution in [0.1, 0.15) is 43.0 Å². The summed E-state index contributed by atoms with van der Waals surface area (Å²) in [5.41, 5.74) is 0.107. The Morgan fingerprint density at radius 1 is 1.56 bits per heavy atom. The molecule has 1 aliphatic carbocycles. The van der Waals surface area contributed by atoms with Crippen molar-refractivity contribution in [2.24, 2.45) is 5.92 Å². The first-order chi connectivity index (χ1) is 7.49. The van der Waals surface area contributed by atoms with Crippen LogP contribution in [-0.2, 0) is 6.54 Å². The van der Waals surface area contributed by atoms with Crippen LogP contribution in [0.5, 0.6) is 0 Å². The highest BCUT2D eigenvalue weighted by Gasteiger charge is 2.37. The highest BCUT2D eigenvalue weighted by molar-refractivity contribution is 5.84. The predicted octanol–water partition coefficient (Wildman–Crippen LogP) is 2.26.